The van der Waals surface area contributed by atoms with Crippen LogP contribution < -0.4 is 9.47 Å². The molecular weight excluding hydrogens is 1170 g/mol. The maximum atomic E-state index is 12.3. The molecule has 8 rings (SSSR count). The largest absolute Gasteiger partial charge is 0.491 e. The van der Waals surface area contributed by atoms with Crippen LogP contribution in [-0.4, -0.2) is 138 Å². The van der Waals surface area contributed by atoms with Crippen LogP contribution in [0, 0.1) is 9.49 Å². The highest BCUT2D eigenvalue weighted by Gasteiger charge is 2.55. The molecule has 0 aromatic heterocycles. The molecule has 4 aromatic rings. The van der Waals surface area contributed by atoms with Gasteiger partial charge in [0.25, 0.3) is 0 Å². The highest BCUT2D eigenvalue weighted by Crippen LogP contribution is 2.41. The fourth-order valence-corrected chi connectivity index (χ4v) is 11.9. The van der Waals surface area contributed by atoms with Gasteiger partial charge in [0, 0.05) is 32.2 Å². The first-order chi connectivity index (χ1) is 36.0. The van der Waals surface area contributed by atoms with Crippen LogP contribution in [0.5, 0.6) is 11.5 Å². The zero-order valence-corrected chi connectivity index (χ0v) is 51.0. The number of rotatable bonds is 22. The summed E-state index contributed by atoms with van der Waals surface area (Å²) in [6, 6.07) is 27.0. The first-order valence-electron chi connectivity index (χ1n) is 26.4. The monoisotopic (exact) mass is 1260 g/mol. The Morgan fingerprint density at radius 1 is 0.688 bits per heavy atom. The maximum Gasteiger partial charge on any atom is 0.337 e. The van der Waals surface area contributed by atoms with Crippen LogP contribution in [0.3, 0.4) is 0 Å². The molecule has 4 fully saturated rings. The molecule has 2 saturated carbocycles. The van der Waals surface area contributed by atoms with Crippen LogP contribution in [0.1, 0.15) is 81.2 Å². The van der Waals surface area contributed by atoms with Gasteiger partial charge in [0.05, 0.1) is 38.1 Å². The molecule has 9 atom stereocenters. The number of esters is 1. The Morgan fingerprint density at radius 3 is 1.64 bits per heavy atom. The van der Waals surface area contributed by atoms with Crippen LogP contribution in [0.2, 0.25) is 49.3 Å². The summed E-state index contributed by atoms with van der Waals surface area (Å²) in [6.45, 7) is 18.6. The van der Waals surface area contributed by atoms with Gasteiger partial charge in [-0.25, -0.2) is 4.79 Å². The minimum atomic E-state index is -1.83. The summed E-state index contributed by atoms with van der Waals surface area (Å²) in [5.74, 6) is -0.225. The van der Waals surface area contributed by atoms with Crippen LogP contribution in [0.4, 0.5) is 0 Å². The summed E-state index contributed by atoms with van der Waals surface area (Å²) in [4.78, 5) is 12.3. The summed E-state index contributed by atoms with van der Waals surface area (Å²) in [5.41, 5.74) is 4.52. The van der Waals surface area contributed by atoms with Crippen LogP contribution in [-0.2, 0) is 56.0 Å². The molecule has 4 aromatic carbocycles. The first-order valence-corrected chi connectivity index (χ1v) is 35.0. The Balaban J connectivity index is 0.000000222. The van der Waals surface area contributed by atoms with Crippen molar-refractivity contribution in [2.24, 2.45) is 5.92 Å². The van der Waals surface area contributed by atoms with Gasteiger partial charge in [-0.15, -0.1) is 0 Å². The third-order valence-electron chi connectivity index (χ3n) is 13.1. The number of aliphatic hydroxyl groups excluding tert-OH is 4. The lowest BCUT2D eigenvalue weighted by Gasteiger charge is -2.47. The lowest BCUT2D eigenvalue weighted by Crippen LogP contribution is -2.64. The number of halogens is 3. The zero-order chi connectivity index (χ0) is 55.4. The number of cyclic esters (lactones) is 1. The van der Waals surface area contributed by atoms with E-state index < -0.39 is 59.5 Å². The van der Waals surface area contributed by atoms with Gasteiger partial charge in [-0.05, 0) is 184 Å². The smallest absolute Gasteiger partial charge is 0.337 e. The Hall–Kier alpha value is -2.71. The van der Waals surface area contributed by atoms with Gasteiger partial charge in [-0.1, -0.05) is 74.8 Å². The molecule has 4 N–H and O–H groups in total. The average molecular weight is 1260 g/mol. The second-order valence-electron chi connectivity index (χ2n) is 21.7. The number of carbonyl (C=O) groups is 1. The molecule has 2 aliphatic heterocycles. The molecule has 19 heteroatoms. The van der Waals surface area contributed by atoms with E-state index in [-0.39, 0.29) is 31.5 Å². The molecule has 428 valence electrons. The molecule has 0 spiro atoms. The molecule has 2 heterocycles. The highest BCUT2D eigenvalue weighted by molar-refractivity contribution is 14.1. The van der Waals surface area contributed by atoms with Gasteiger partial charge >= 0.3 is 5.97 Å². The number of carbonyl (C=O) groups excluding carboxylic acids is 1. The van der Waals surface area contributed by atoms with E-state index in [0.717, 1.165) is 58.9 Å². The second kappa shape index (κ2) is 29.8. The van der Waals surface area contributed by atoms with Gasteiger partial charge in [0.15, 0.2) is 22.7 Å². The first kappa shape index (κ1) is 65.1. The van der Waals surface area contributed by atoms with E-state index in [1.807, 2.05) is 55.5 Å². The van der Waals surface area contributed by atoms with Crippen molar-refractivity contribution in [3.05, 3.63) is 126 Å². The highest BCUT2D eigenvalue weighted by atomic mass is 127. The molecule has 4 aliphatic rings. The average Bonchev–Trinajstić information content (AvgIpc) is 4.34. The van der Waals surface area contributed by atoms with Crippen molar-refractivity contribution in [2.45, 2.75) is 166 Å². The molecule has 0 bridgehead atoms. The van der Waals surface area contributed by atoms with Crippen molar-refractivity contribution in [2.75, 3.05) is 40.1 Å². The Labute approximate surface area is 482 Å². The standard InChI is InChI=1S/C25H31ClO8.C18H18ClIO2.C14H30O4Si2.CH4/c1-31-25(24(30)23(29)22(28)21(14-27)34-25)17-4-9-20(26)16(13-17)12-15-2-5-18(6-3-15)32-10-11-33-19-7-8-19;19-18-8-3-15(20)12-14(18)11-13-1-4-16(5-2-13)21-9-10-22-17-6-7-17;1-9-11-10(2)12(17-19(3,4)5)13(14(15)16-11)18-20(6,7)8;/h2-6,9,13,19,21-24,27-30H,7-8,10-12,14H2,1H3;1-5,8,12,17H,6-7,9-11H2;10-13H,9H2,1-8H3;1H4/t21-,22-,23+,24-,25?;;10-,11-,12+,13-;/m1.1./s1. The van der Waals surface area contributed by atoms with Crippen LogP contribution in [0.25, 0.3) is 0 Å². The van der Waals surface area contributed by atoms with Crippen molar-refractivity contribution in [3.63, 3.8) is 0 Å². The minimum absolute atomic E-state index is 0. The molecule has 14 nitrogen and oxygen atoms in total. The predicted octanol–water partition coefficient (Wildman–Crippen LogP) is 10.9. The molecule has 2 saturated heterocycles. The van der Waals surface area contributed by atoms with E-state index >= 15 is 0 Å². The van der Waals surface area contributed by atoms with Gasteiger partial charge in [0.1, 0.15) is 55.2 Å². The molecule has 0 amide bonds. The van der Waals surface area contributed by atoms with E-state index in [9.17, 15) is 25.2 Å². The Bertz CT molecular complexity index is 2430. The fraction of sp³-hybridized carbons (Fsp3) is 0.569. The van der Waals surface area contributed by atoms with Gasteiger partial charge < -0.3 is 62.4 Å². The van der Waals surface area contributed by atoms with E-state index in [1.54, 1.807) is 18.2 Å². The predicted molar refractivity (Wildman–Crippen MR) is 314 cm³/mol. The van der Waals surface area contributed by atoms with Crippen molar-refractivity contribution in [1.82, 2.24) is 0 Å². The lowest BCUT2D eigenvalue weighted by molar-refractivity contribution is -0.366. The Morgan fingerprint density at radius 2 is 1.18 bits per heavy atom. The second-order valence-corrected chi connectivity index (χ2v) is 32.7. The summed E-state index contributed by atoms with van der Waals surface area (Å²) in [6.07, 6.45) is 1.14. The normalized spacial score (nSPS) is 25.3. The number of ether oxygens (including phenoxy) is 7. The van der Waals surface area contributed by atoms with Crippen molar-refractivity contribution in [1.29, 1.82) is 0 Å². The fourth-order valence-electron chi connectivity index (χ4n) is 8.81. The SMILES string of the molecule is C.CC[C@H]1OC(=O)[C@H](O[Si](C)(C)C)[C@@H](O[Si](C)(C)C)[C@@H]1C.COC1(c2ccc(Cl)c(Cc3ccc(OCCOC4CC4)cc3)c2)O[C@H](CO)[C@@H](O)[C@H](O)[C@H]1O.Clc1ccc(I)cc1Cc1ccc(OCCOC2CC2)cc1. The van der Waals surface area contributed by atoms with E-state index in [2.05, 4.69) is 87.0 Å². The van der Waals surface area contributed by atoms with Gasteiger partial charge in [-0.2, -0.15) is 0 Å². The van der Waals surface area contributed by atoms with Crippen LogP contribution in [0.15, 0.2) is 84.9 Å². The number of aliphatic hydroxyl groups is 4. The van der Waals surface area contributed by atoms with E-state index in [4.69, 9.17) is 65.2 Å². The molecule has 2 aliphatic carbocycles. The maximum absolute atomic E-state index is 12.3. The number of hydrogen-bond acceptors (Lipinski definition) is 14. The lowest BCUT2D eigenvalue weighted by atomic mass is 9.87. The minimum Gasteiger partial charge on any atom is -0.491 e. The van der Waals surface area contributed by atoms with Crippen LogP contribution >= 0.6 is 45.8 Å². The molecule has 77 heavy (non-hydrogen) atoms. The zero-order valence-electron chi connectivity index (χ0n) is 45.3. The number of hydrogen-bond donors (Lipinski definition) is 4. The molecular formula is C58H83Cl2IO14Si2. The van der Waals surface area contributed by atoms with Crippen molar-refractivity contribution in [3.8, 4) is 11.5 Å². The van der Waals surface area contributed by atoms with E-state index in [1.165, 1.54) is 29.1 Å². The molecule has 1 unspecified atom stereocenters. The number of benzene rings is 4. The Kier molecular flexibility index (Phi) is 25.2. The number of methoxy groups -OCH3 is 1. The summed E-state index contributed by atoms with van der Waals surface area (Å²) >= 11 is 15.0. The van der Waals surface area contributed by atoms with Crippen molar-refractivity contribution >= 4 is 68.4 Å². The van der Waals surface area contributed by atoms with Crippen molar-refractivity contribution < 1.29 is 67.2 Å². The molecule has 0 radical (unpaired) electrons. The van der Waals surface area contributed by atoms with Gasteiger partial charge in [0.2, 0.25) is 5.79 Å². The van der Waals surface area contributed by atoms with Gasteiger partial charge in [-0.3, -0.25) is 0 Å². The van der Waals surface area contributed by atoms with E-state index in [0.29, 0.717) is 55.6 Å². The summed E-state index contributed by atoms with van der Waals surface area (Å²) in [5, 5.41) is 42.1. The quantitative estimate of drug-likeness (QED) is 0.0253. The summed E-state index contributed by atoms with van der Waals surface area (Å²) in [7, 11) is -2.25. The third kappa shape index (κ3) is 19.8. The third-order valence-corrected chi connectivity index (χ3v) is 16.4. The topological polar surface area (TPSA) is 181 Å². The summed E-state index contributed by atoms with van der Waals surface area (Å²) < 4.78 is 53.0.